The Kier molecular flexibility index (Phi) is 23.3. The number of aromatic nitrogens is 1. The Labute approximate surface area is 189 Å². The zero-order chi connectivity index (χ0) is 20.0. The maximum atomic E-state index is 2.30. The first-order valence-electron chi connectivity index (χ1n) is 12.9. The summed E-state index contributed by atoms with van der Waals surface area (Å²) in [6, 6.07) is 6.33. The van der Waals surface area contributed by atoms with E-state index in [1.807, 2.05) is 0 Å². The molecule has 0 atom stereocenters. The lowest BCUT2D eigenvalue weighted by Crippen LogP contribution is -2.32. The van der Waals surface area contributed by atoms with E-state index < -0.39 is 0 Å². The number of halogens is 1. The second kappa shape index (κ2) is 23.7. The Morgan fingerprint density at radius 1 is 0.414 bits per heavy atom. The molecule has 0 fully saturated rings. The Morgan fingerprint density at radius 3 is 1.07 bits per heavy atom. The summed E-state index contributed by atoms with van der Waals surface area (Å²) in [6.07, 6.45) is 33.4. The molecule has 0 bridgehead atoms. The first-order valence-corrected chi connectivity index (χ1v) is 12.9. The van der Waals surface area contributed by atoms with Gasteiger partial charge in [0.05, 0.1) is 0 Å². The van der Waals surface area contributed by atoms with E-state index in [0.717, 1.165) is 0 Å². The molecule has 0 aliphatic rings. The van der Waals surface area contributed by atoms with E-state index in [-0.39, 0.29) is 12.4 Å². The highest BCUT2D eigenvalue weighted by molar-refractivity contribution is 5.85. The first kappa shape index (κ1) is 28.4. The van der Waals surface area contributed by atoms with Crippen molar-refractivity contribution in [2.75, 3.05) is 0 Å². The van der Waals surface area contributed by atoms with Crippen LogP contribution >= 0.6 is 12.4 Å². The Morgan fingerprint density at radius 2 is 0.724 bits per heavy atom. The lowest BCUT2D eigenvalue weighted by atomic mass is 10.0. The average molecular weight is 425 g/mol. The molecule has 1 aromatic heterocycles. The number of unbranched alkanes of at least 4 members (excludes halogenated alkanes) is 19. The molecule has 0 amide bonds. The minimum Gasteiger partial charge on any atom is -0.205 e. The third kappa shape index (κ3) is 20.5. The molecule has 1 heterocycles. The predicted octanol–water partition coefficient (Wildman–Crippen LogP) is 9.22. The van der Waals surface area contributed by atoms with E-state index in [9.17, 15) is 0 Å². The second-order valence-corrected chi connectivity index (χ2v) is 8.83. The Balaban J connectivity index is 0.00000784. The molecule has 0 unspecified atom stereocenters. The minimum absolute atomic E-state index is 0. The fourth-order valence-corrected chi connectivity index (χ4v) is 4.13. The van der Waals surface area contributed by atoms with Crippen LogP contribution in [-0.2, 0) is 6.54 Å². The molecule has 0 aromatic carbocycles. The summed E-state index contributed by atoms with van der Waals surface area (Å²) in [5, 5.41) is 0. The molecule has 29 heavy (non-hydrogen) atoms. The molecule has 0 aliphatic heterocycles. The first-order chi connectivity index (χ1) is 13.9. The Bertz CT molecular complexity index is 406. The fourth-order valence-electron chi connectivity index (χ4n) is 4.13. The van der Waals surface area contributed by atoms with Gasteiger partial charge >= 0.3 is 0 Å². The number of pyridine rings is 1. The quantitative estimate of drug-likeness (QED) is 0.137. The van der Waals surface area contributed by atoms with Crippen molar-refractivity contribution in [1.29, 1.82) is 0 Å². The highest BCUT2D eigenvalue weighted by Crippen LogP contribution is 2.14. The van der Waals surface area contributed by atoms with Gasteiger partial charge in [0.2, 0.25) is 0 Å². The molecule has 170 valence electrons. The van der Waals surface area contributed by atoms with E-state index in [0.29, 0.717) is 0 Å². The molecular formula is C27H51ClN+. The van der Waals surface area contributed by atoms with Crippen LogP contribution in [0.5, 0.6) is 0 Å². The van der Waals surface area contributed by atoms with Gasteiger partial charge in [-0.1, -0.05) is 129 Å². The van der Waals surface area contributed by atoms with Crippen LogP contribution in [0.15, 0.2) is 30.6 Å². The number of aryl methyl sites for hydroxylation is 1. The van der Waals surface area contributed by atoms with Gasteiger partial charge in [0.25, 0.3) is 0 Å². The van der Waals surface area contributed by atoms with Gasteiger partial charge in [0.1, 0.15) is 6.54 Å². The SMILES string of the molecule is CCCCCCCCCCCCCCCCCCCCCC[n+]1ccccc1.Cl. The van der Waals surface area contributed by atoms with Crippen LogP contribution in [0.4, 0.5) is 0 Å². The molecule has 0 spiro atoms. The summed E-state index contributed by atoms with van der Waals surface area (Å²) in [6.45, 7) is 3.48. The summed E-state index contributed by atoms with van der Waals surface area (Å²) in [7, 11) is 0. The highest BCUT2D eigenvalue weighted by atomic mass is 35.5. The molecule has 1 rings (SSSR count). The van der Waals surface area contributed by atoms with E-state index in [1.165, 1.54) is 135 Å². The zero-order valence-corrected chi connectivity index (χ0v) is 20.4. The molecule has 0 aliphatic carbocycles. The van der Waals surface area contributed by atoms with E-state index in [4.69, 9.17) is 0 Å². The van der Waals surface area contributed by atoms with Gasteiger partial charge in [0.15, 0.2) is 12.4 Å². The smallest absolute Gasteiger partial charge is 0.168 e. The molecule has 0 saturated heterocycles. The van der Waals surface area contributed by atoms with Gasteiger partial charge < -0.3 is 0 Å². The highest BCUT2D eigenvalue weighted by Gasteiger charge is 1.98. The third-order valence-corrected chi connectivity index (χ3v) is 6.05. The number of hydrogen-bond acceptors (Lipinski definition) is 0. The standard InChI is InChI=1S/C27H50N.ClH/c1-2-3-4-5-6-7-8-9-10-11-12-13-14-15-16-17-18-19-20-22-25-28-26-23-21-24-27-28;/h21,23-24,26-27H,2-20,22,25H2,1H3;1H/q+1;. The van der Waals surface area contributed by atoms with Crippen molar-refractivity contribution >= 4 is 12.4 Å². The van der Waals surface area contributed by atoms with Crippen LogP contribution < -0.4 is 4.57 Å². The van der Waals surface area contributed by atoms with Gasteiger partial charge in [-0.15, -0.1) is 12.4 Å². The lowest BCUT2D eigenvalue weighted by Gasteiger charge is -2.04. The average Bonchev–Trinajstić information content (AvgIpc) is 2.73. The fraction of sp³-hybridized carbons (Fsp3) is 0.815. The lowest BCUT2D eigenvalue weighted by molar-refractivity contribution is -0.697. The van der Waals surface area contributed by atoms with Crippen molar-refractivity contribution < 1.29 is 4.57 Å². The molecule has 2 heteroatoms. The third-order valence-electron chi connectivity index (χ3n) is 6.05. The van der Waals surface area contributed by atoms with Gasteiger partial charge in [-0.05, 0) is 6.42 Å². The van der Waals surface area contributed by atoms with Crippen molar-refractivity contribution in [1.82, 2.24) is 0 Å². The summed E-state index contributed by atoms with van der Waals surface area (Å²) >= 11 is 0. The maximum Gasteiger partial charge on any atom is 0.168 e. The zero-order valence-electron chi connectivity index (χ0n) is 19.6. The normalized spacial score (nSPS) is 10.8. The van der Waals surface area contributed by atoms with Crippen molar-refractivity contribution in [3.05, 3.63) is 30.6 Å². The molecular weight excluding hydrogens is 374 g/mol. The Hall–Kier alpha value is -0.560. The van der Waals surface area contributed by atoms with E-state index in [1.54, 1.807) is 0 Å². The van der Waals surface area contributed by atoms with E-state index in [2.05, 4.69) is 42.1 Å². The van der Waals surface area contributed by atoms with Crippen LogP contribution in [0.25, 0.3) is 0 Å². The van der Waals surface area contributed by atoms with Crippen molar-refractivity contribution in [2.45, 2.75) is 142 Å². The molecule has 0 saturated carbocycles. The number of rotatable bonds is 21. The van der Waals surface area contributed by atoms with Gasteiger partial charge in [0, 0.05) is 18.6 Å². The summed E-state index contributed by atoms with van der Waals surface area (Å²) < 4.78 is 2.30. The van der Waals surface area contributed by atoms with Crippen molar-refractivity contribution in [2.24, 2.45) is 0 Å². The topological polar surface area (TPSA) is 3.88 Å². The summed E-state index contributed by atoms with van der Waals surface area (Å²) in [5.41, 5.74) is 0. The van der Waals surface area contributed by atoms with Crippen LogP contribution in [0, 0.1) is 0 Å². The van der Waals surface area contributed by atoms with Crippen molar-refractivity contribution in [3.8, 4) is 0 Å². The number of hydrogen-bond donors (Lipinski definition) is 0. The van der Waals surface area contributed by atoms with Crippen LogP contribution in [0.3, 0.4) is 0 Å². The second-order valence-electron chi connectivity index (χ2n) is 8.83. The maximum absolute atomic E-state index is 2.30. The number of nitrogens with zero attached hydrogens (tertiary/aromatic N) is 1. The van der Waals surface area contributed by atoms with Crippen LogP contribution in [0.1, 0.15) is 135 Å². The summed E-state index contributed by atoms with van der Waals surface area (Å²) in [4.78, 5) is 0. The predicted molar refractivity (Wildman–Crippen MR) is 132 cm³/mol. The van der Waals surface area contributed by atoms with Crippen LogP contribution in [-0.4, -0.2) is 0 Å². The molecule has 0 radical (unpaired) electrons. The van der Waals surface area contributed by atoms with Gasteiger partial charge in [-0.25, -0.2) is 4.57 Å². The summed E-state index contributed by atoms with van der Waals surface area (Å²) in [5.74, 6) is 0. The van der Waals surface area contributed by atoms with Gasteiger partial charge in [-0.3, -0.25) is 0 Å². The van der Waals surface area contributed by atoms with Gasteiger partial charge in [-0.2, -0.15) is 0 Å². The molecule has 1 nitrogen and oxygen atoms in total. The minimum atomic E-state index is 0. The van der Waals surface area contributed by atoms with Crippen molar-refractivity contribution in [3.63, 3.8) is 0 Å². The largest absolute Gasteiger partial charge is 0.205 e. The van der Waals surface area contributed by atoms with Crippen LogP contribution in [0.2, 0.25) is 0 Å². The molecule has 0 N–H and O–H groups in total. The van der Waals surface area contributed by atoms with E-state index >= 15 is 0 Å². The molecule has 1 aromatic rings. The monoisotopic (exact) mass is 424 g/mol.